The fourth-order valence-electron chi connectivity index (χ4n) is 2.30. The van der Waals surface area contributed by atoms with E-state index in [0.717, 1.165) is 28.4 Å². The summed E-state index contributed by atoms with van der Waals surface area (Å²) in [6.07, 6.45) is -0.281. The van der Waals surface area contributed by atoms with Crippen LogP contribution in [0.4, 0.5) is 29.1 Å². The van der Waals surface area contributed by atoms with E-state index in [4.69, 9.17) is 0 Å². The molecule has 2 aromatic heterocycles. The van der Waals surface area contributed by atoms with E-state index in [1.807, 2.05) is 0 Å². The zero-order valence-corrected chi connectivity index (χ0v) is 16.4. The second-order valence-corrected chi connectivity index (χ2v) is 7.35. The number of nitrogens with one attached hydrogen (secondary N) is 1. The molecule has 6 nitrogen and oxygen atoms in total. The molecule has 0 aliphatic rings. The van der Waals surface area contributed by atoms with Gasteiger partial charge in [-0.2, -0.15) is 13.2 Å². The molecule has 0 fully saturated rings. The Labute approximate surface area is 171 Å². The molecule has 1 aromatic carbocycles. The van der Waals surface area contributed by atoms with Gasteiger partial charge in [0.1, 0.15) is 0 Å². The molecular formula is C18H13F3N4O2S2. The summed E-state index contributed by atoms with van der Waals surface area (Å²) in [5.74, 6) is -0.897. The Morgan fingerprint density at radius 3 is 2.69 bits per heavy atom. The predicted octanol–water partition coefficient (Wildman–Crippen LogP) is 4.95. The molecule has 11 heteroatoms. The van der Waals surface area contributed by atoms with E-state index in [1.54, 1.807) is 17.0 Å². The van der Waals surface area contributed by atoms with Crippen molar-refractivity contribution >= 4 is 56.5 Å². The zero-order chi connectivity index (χ0) is 21.0. The third-order valence-electron chi connectivity index (χ3n) is 3.52. The highest BCUT2D eigenvalue weighted by Crippen LogP contribution is 2.35. The number of anilines is 3. The van der Waals surface area contributed by atoms with Crippen LogP contribution in [0.1, 0.15) is 18.2 Å². The average molecular weight is 438 g/mol. The van der Waals surface area contributed by atoms with Crippen molar-refractivity contribution in [1.82, 2.24) is 9.97 Å². The minimum Gasteiger partial charge on any atom is -0.298 e. The molecule has 0 atom stereocenters. The summed E-state index contributed by atoms with van der Waals surface area (Å²) in [5.41, 5.74) is -0.423. The van der Waals surface area contributed by atoms with Crippen LogP contribution in [-0.4, -0.2) is 21.8 Å². The fraction of sp³-hybridized carbons (Fsp3) is 0.111. The van der Waals surface area contributed by atoms with Gasteiger partial charge in [0, 0.05) is 30.0 Å². The first-order chi connectivity index (χ1) is 13.7. The maximum absolute atomic E-state index is 13.0. The van der Waals surface area contributed by atoms with Crippen molar-refractivity contribution < 1.29 is 22.8 Å². The van der Waals surface area contributed by atoms with Gasteiger partial charge in [-0.1, -0.05) is 6.07 Å². The highest BCUT2D eigenvalue weighted by atomic mass is 32.1. The van der Waals surface area contributed by atoms with Crippen molar-refractivity contribution in [3.63, 3.8) is 0 Å². The highest BCUT2D eigenvalue weighted by molar-refractivity contribution is 7.14. The molecule has 0 aliphatic heterocycles. The molecule has 3 rings (SSSR count). The zero-order valence-electron chi connectivity index (χ0n) is 14.8. The summed E-state index contributed by atoms with van der Waals surface area (Å²) in [6.45, 7) is 1.23. The molecule has 0 spiro atoms. The van der Waals surface area contributed by atoms with Gasteiger partial charge in [-0.3, -0.25) is 19.8 Å². The first kappa shape index (κ1) is 20.7. The van der Waals surface area contributed by atoms with Crippen LogP contribution in [0.15, 0.2) is 47.3 Å². The average Bonchev–Trinajstić information content (AvgIpc) is 3.32. The van der Waals surface area contributed by atoms with Crippen LogP contribution in [0, 0.1) is 0 Å². The van der Waals surface area contributed by atoms with Crippen molar-refractivity contribution in [2.75, 3.05) is 10.2 Å². The molecule has 3 aromatic rings. The van der Waals surface area contributed by atoms with Crippen LogP contribution >= 0.6 is 22.7 Å². The van der Waals surface area contributed by atoms with Crippen molar-refractivity contribution in [3.8, 4) is 0 Å². The molecule has 0 radical (unpaired) electrons. The van der Waals surface area contributed by atoms with Crippen LogP contribution in [0.25, 0.3) is 6.08 Å². The lowest BCUT2D eigenvalue weighted by molar-refractivity contribution is -0.137. The van der Waals surface area contributed by atoms with Gasteiger partial charge in [0.2, 0.25) is 11.8 Å². The summed E-state index contributed by atoms with van der Waals surface area (Å²) in [5, 5.41) is 6.52. The van der Waals surface area contributed by atoms with E-state index in [1.165, 1.54) is 42.5 Å². The number of alkyl halides is 3. The number of aromatic nitrogens is 2. The molecule has 2 heterocycles. The summed E-state index contributed by atoms with van der Waals surface area (Å²) >= 11 is 2.34. The van der Waals surface area contributed by atoms with Crippen LogP contribution < -0.4 is 10.2 Å². The van der Waals surface area contributed by atoms with E-state index in [-0.39, 0.29) is 10.8 Å². The van der Waals surface area contributed by atoms with Crippen molar-refractivity contribution in [3.05, 3.63) is 58.6 Å². The number of benzene rings is 1. The Bertz CT molecular complexity index is 1050. The molecule has 150 valence electrons. The van der Waals surface area contributed by atoms with Gasteiger partial charge < -0.3 is 0 Å². The maximum Gasteiger partial charge on any atom is 0.416 e. The summed E-state index contributed by atoms with van der Waals surface area (Å²) in [6, 6.07) is 4.44. The molecule has 29 heavy (non-hydrogen) atoms. The number of hydrogen-bond acceptors (Lipinski definition) is 6. The number of nitrogens with zero attached hydrogens (tertiary/aromatic N) is 3. The molecule has 0 aliphatic carbocycles. The van der Waals surface area contributed by atoms with Crippen LogP contribution in [-0.2, 0) is 15.8 Å². The van der Waals surface area contributed by atoms with E-state index in [9.17, 15) is 22.8 Å². The van der Waals surface area contributed by atoms with Crippen molar-refractivity contribution in [2.24, 2.45) is 0 Å². The fourth-order valence-corrected chi connectivity index (χ4v) is 3.68. The Morgan fingerprint density at radius 2 is 2.03 bits per heavy atom. The number of hydrogen-bond donors (Lipinski definition) is 1. The van der Waals surface area contributed by atoms with Gasteiger partial charge in [-0.25, -0.2) is 9.97 Å². The van der Waals surface area contributed by atoms with Gasteiger partial charge in [-0.05, 0) is 24.3 Å². The quantitative estimate of drug-likeness (QED) is 0.572. The molecule has 0 bridgehead atoms. The van der Waals surface area contributed by atoms with Gasteiger partial charge in [0.05, 0.1) is 16.9 Å². The topological polar surface area (TPSA) is 75.2 Å². The second kappa shape index (κ2) is 8.53. The minimum atomic E-state index is -4.53. The van der Waals surface area contributed by atoms with Crippen molar-refractivity contribution in [2.45, 2.75) is 13.1 Å². The number of carbonyl (C=O) groups is 2. The Hall–Kier alpha value is -3.05. The molecule has 1 N–H and O–H groups in total. The van der Waals surface area contributed by atoms with E-state index in [0.29, 0.717) is 10.8 Å². The van der Waals surface area contributed by atoms with E-state index >= 15 is 0 Å². The Morgan fingerprint density at radius 1 is 1.24 bits per heavy atom. The lowest BCUT2D eigenvalue weighted by Gasteiger charge is -2.19. The Balaban J connectivity index is 1.80. The third kappa shape index (κ3) is 5.27. The molecule has 2 amide bonds. The number of amides is 2. The van der Waals surface area contributed by atoms with Crippen molar-refractivity contribution in [1.29, 1.82) is 0 Å². The number of rotatable bonds is 5. The minimum absolute atomic E-state index is 0.0544. The monoisotopic (exact) mass is 438 g/mol. The van der Waals surface area contributed by atoms with Gasteiger partial charge in [0.25, 0.3) is 0 Å². The lowest BCUT2D eigenvalue weighted by atomic mass is 10.2. The van der Waals surface area contributed by atoms with Crippen LogP contribution in [0.5, 0.6) is 0 Å². The smallest absolute Gasteiger partial charge is 0.298 e. The van der Waals surface area contributed by atoms with Gasteiger partial charge in [-0.15, -0.1) is 22.7 Å². The molecule has 0 saturated carbocycles. The largest absolute Gasteiger partial charge is 0.416 e. The number of halogens is 3. The van der Waals surface area contributed by atoms with Gasteiger partial charge >= 0.3 is 6.18 Å². The maximum atomic E-state index is 13.0. The van der Waals surface area contributed by atoms with Gasteiger partial charge in [0.15, 0.2) is 10.3 Å². The van der Waals surface area contributed by atoms with Crippen LogP contribution in [0.2, 0.25) is 0 Å². The molecular weight excluding hydrogens is 425 g/mol. The second-order valence-electron chi connectivity index (χ2n) is 5.62. The van der Waals surface area contributed by atoms with E-state index < -0.39 is 23.6 Å². The Kier molecular flexibility index (Phi) is 6.09. The highest BCUT2D eigenvalue weighted by Gasteiger charge is 2.31. The standard InChI is InChI=1S/C18H13F3N4O2S2/c1-11(26)25(14-4-2-3-12(9-14)18(19,20)21)17-23-13(10-29-17)5-6-15(27)24-16-22-7-8-28-16/h2-10H,1H3,(H,22,24,27). The van der Waals surface area contributed by atoms with E-state index in [2.05, 4.69) is 15.3 Å². The number of thiazole rings is 2. The first-order valence-electron chi connectivity index (χ1n) is 8.06. The summed E-state index contributed by atoms with van der Waals surface area (Å²) in [7, 11) is 0. The number of carbonyl (C=O) groups excluding carboxylic acids is 2. The lowest BCUT2D eigenvalue weighted by Crippen LogP contribution is -2.23. The summed E-state index contributed by atoms with van der Waals surface area (Å²) in [4.78, 5) is 33.2. The molecule has 0 unspecified atom stereocenters. The first-order valence-corrected chi connectivity index (χ1v) is 9.82. The van der Waals surface area contributed by atoms with Crippen LogP contribution in [0.3, 0.4) is 0 Å². The SMILES string of the molecule is CC(=O)N(c1cccc(C(F)(F)F)c1)c1nc(C=CC(=O)Nc2nccs2)cs1. The predicted molar refractivity (Wildman–Crippen MR) is 106 cm³/mol. The summed E-state index contributed by atoms with van der Waals surface area (Å²) < 4.78 is 39.0. The third-order valence-corrected chi connectivity index (χ3v) is 5.05. The molecule has 0 saturated heterocycles. The normalized spacial score (nSPS) is 11.6.